The number of ether oxygens (including phenoxy) is 2. The number of rotatable bonds is 6. The first-order valence-electron chi connectivity index (χ1n) is 9.71. The Morgan fingerprint density at radius 2 is 2.00 bits per heavy atom. The molecule has 0 aromatic heterocycles. The first-order valence-corrected chi connectivity index (χ1v) is 9.71. The second-order valence-electron chi connectivity index (χ2n) is 7.15. The van der Waals surface area contributed by atoms with Crippen LogP contribution in [-0.2, 0) is 20.7 Å². The lowest BCUT2D eigenvalue weighted by Gasteiger charge is -2.24. The summed E-state index contributed by atoms with van der Waals surface area (Å²) in [5.41, 5.74) is 4.38. The molecule has 1 N–H and O–H groups in total. The van der Waals surface area contributed by atoms with Crippen molar-refractivity contribution in [3.8, 4) is 0 Å². The van der Waals surface area contributed by atoms with E-state index in [1.165, 1.54) is 11.3 Å². The average Bonchev–Trinajstić information content (AvgIpc) is 3.36. The SMILES string of the molecule is C[C@@H](OC[C@@H]1CCCO1)C(=O)Nc1ccccc1N1CCc2ccccc21. The normalized spacial score (nSPS) is 19.7. The van der Waals surface area contributed by atoms with Gasteiger partial charge in [-0.05, 0) is 49.9 Å². The Bertz CT molecular complexity index is 802. The van der Waals surface area contributed by atoms with Gasteiger partial charge in [-0.3, -0.25) is 4.79 Å². The first kappa shape index (κ1) is 18.0. The Morgan fingerprint density at radius 1 is 1.22 bits per heavy atom. The van der Waals surface area contributed by atoms with Crippen molar-refractivity contribution in [3.63, 3.8) is 0 Å². The molecule has 2 heterocycles. The maximum atomic E-state index is 12.6. The van der Waals surface area contributed by atoms with Crippen molar-refractivity contribution in [2.24, 2.45) is 0 Å². The Balaban J connectivity index is 1.44. The monoisotopic (exact) mass is 366 g/mol. The van der Waals surface area contributed by atoms with Crippen LogP contribution in [0.2, 0.25) is 0 Å². The number of benzene rings is 2. The zero-order valence-corrected chi connectivity index (χ0v) is 15.7. The Morgan fingerprint density at radius 3 is 2.81 bits per heavy atom. The molecule has 5 nitrogen and oxygen atoms in total. The molecule has 0 bridgehead atoms. The lowest BCUT2D eigenvalue weighted by atomic mass is 10.1. The number of carbonyl (C=O) groups is 1. The summed E-state index contributed by atoms with van der Waals surface area (Å²) in [5, 5.41) is 3.05. The molecule has 2 atom stereocenters. The van der Waals surface area contributed by atoms with Gasteiger partial charge in [-0.15, -0.1) is 0 Å². The molecule has 5 heteroatoms. The number of amides is 1. The summed E-state index contributed by atoms with van der Waals surface area (Å²) in [4.78, 5) is 14.9. The van der Waals surface area contributed by atoms with Crippen LogP contribution < -0.4 is 10.2 Å². The van der Waals surface area contributed by atoms with Gasteiger partial charge in [0.15, 0.2) is 0 Å². The molecule has 142 valence electrons. The summed E-state index contributed by atoms with van der Waals surface area (Å²) < 4.78 is 11.3. The molecule has 1 amide bonds. The number of hydrogen-bond donors (Lipinski definition) is 1. The van der Waals surface area contributed by atoms with Crippen LogP contribution in [0, 0.1) is 0 Å². The molecule has 4 rings (SSSR count). The zero-order chi connectivity index (χ0) is 18.6. The average molecular weight is 366 g/mol. The van der Waals surface area contributed by atoms with E-state index < -0.39 is 6.10 Å². The van der Waals surface area contributed by atoms with Crippen molar-refractivity contribution in [3.05, 3.63) is 54.1 Å². The molecule has 0 spiro atoms. The van der Waals surface area contributed by atoms with E-state index in [0.717, 1.165) is 43.8 Å². The summed E-state index contributed by atoms with van der Waals surface area (Å²) in [5.74, 6) is -0.132. The highest BCUT2D eigenvalue weighted by Gasteiger charge is 2.24. The largest absolute Gasteiger partial charge is 0.376 e. The van der Waals surface area contributed by atoms with Crippen LogP contribution in [0.5, 0.6) is 0 Å². The Labute approximate surface area is 160 Å². The van der Waals surface area contributed by atoms with Gasteiger partial charge in [0.1, 0.15) is 6.10 Å². The molecule has 0 radical (unpaired) electrons. The van der Waals surface area contributed by atoms with E-state index >= 15 is 0 Å². The van der Waals surface area contributed by atoms with E-state index in [9.17, 15) is 4.79 Å². The van der Waals surface area contributed by atoms with Gasteiger partial charge in [0.2, 0.25) is 0 Å². The van der Waals surface area contributed by atoms with Gasteiger partial charge in [0.05, 0.1) is 24.1 Å². The molecule has 2 aliphatic heterocycles. The van der Waals surface area contributed by atoms with Crippen molar-refractivity contribution in [1.82, 2.24) is 0 Å². The van der Waals surface area contributed by atoms with E-state index in [1.807, 2.05) is 18.2 Å². The van der Waals surface area contributed by atoms with Crippen molar-refractivity contribution in [1.29, 1.82) is 0 Å². The maximum Gasteiger partial charge on any atom is 0.253 e. The van der Waals surface area contributed by atoms with Crippen LogP contribution in [0.1, 0.15) is 25.3 Å². The number of anilines is 3. The zero-order valence-electron chi connectivity index (χ0n) is 15.7. The highest BCUT2D eigenvalue weighted by atomic mass is 16.5. The first-order chi connectivity index (χ1) is 13.2. The standard InChI is InChI=1S/C22H26N2O3/c1-16(27-15-18-8-6-14-26-18)22(25)23-19-9-3-5-11-21(19)24-13-12-17-7-2-4-10-20(17)24/h2-5,7,9-11,16,18H,6,8,12-15H2,1H3,(H,23,25)/t16-,18+/m1/s1. The third kappa shape index (κ3) is 3.99. The van der Waals surface area contributed by atoms with Gasteiger partial charge in [0, 0.05) is 18.8 Å². The van der Waals surface area contributed by atoms with E-state index in [0.29, 0.717) is 6.61 Å². The summed E-state index contributed by atoms with van der Waals surface area (Å²) in [6, 6.07) is 16.4. The minimum atomic E-state index is -0.520. The molecule has 1 saturated heterocycles. The van der Waals surface area contributed by atoms with Gasteiger partial charge in [-0.2, -0.15) is 0 Å². The molecule has 0 unspecified atom stereocenters. The highest BCUT2D eigenvalue weighted by molar-refractivity contribution is 5.97. The van der Waals surface area contributed by atoms with E-state index in [4.69, 9.17) is 9.47 Å². The molecule has 27 heavy (non-hydrogen) atoms. The van der Waals surface area contributed by atoms with E-state index in [2.05, 4.69) is 40.5 Å². The second-order valence-corrected chi connectivity index (χ2v) is 7.15. The number of para-hydroxylation sites is 3. The van der Waals surface area contributed by atoms with Crippen LogP contribution in [0.25, 0.3) is 0 Å². The highest BCUT2D eigenvalue weighted by Crippen LogP contribution is 2.38. The summed E-state index contributed by atoms with van der Waals surface area (Å²) in [6.07, 6.45) is 2.69. The second kappa shape index (κ2) is 8.11. The quantitative estimate of drug-likeness (QED) is 0.842. The van der Waals surface area contributed by atoms with Crippen LogP contribution >= 0.6 is 0 Å². The van der Waals surface area contributed by atoms with Crippen LogP contribution in [0.4, 0.5) is 17.1 Å². The molecule has 0 aliphatic carbocycles. The Kier molecular flexibility index (Phi) is 5.41. The molecule has 2 aromatic rings. The van der Waals surface area contributed by atoms with Crippen molar-refractivity contribution in [2.75, 3.05) is 30.0 Å². The number of hydrogen-bond acceptors (Lipinski definition) is 4. The number of carbonyl (C=O) groups excluding carboxylic acids is 1. The van der Waals surface area contributed by atoms with Gasteiger partial charge in [-0.25, -0.2) is 0 Å². The number of nitrogens with one attached hydrogen (secondary N) is 1. The van der Waals surface area contributed by atoms with Crippen molar-refractivity contribution in [2.45, 2.75) is 38.4 Å². The predicted molar refractivity (Wildman–Crippen MR) is 107 cm³/mol. The van der Waals surface area contributed by atoms with Gasteiger partial charge in [-0.1, -0.05) is 30.3 Å². The number of nitrogens with zero attached hydrogens (tertiary/aromatic N) is 1. The smallest absolute Gasteiger partial charge is 0.253 e. The molecular formula is C22H26N2O3. The van der Waals surface area contributed by atoms with Crippen molar-refractivity contribution < 1.29 is 14.3 Å². The third-order valence-electron chi connectivity index (χ3n) is 5.27. The van der Waals surface area contributed by atoms with Gasteiger partial charge >= 0.3 is 0 Å². The molecule has 2 aliphatic rings. The minimum Gasteiger partial charge on any atom is -0.376 e. The Hall–Kier alpha value is -2.37. The van der Waals surface area contributed by atoms with Gasteiger partial charge < -0.3 is 19.7 Å². The van der Waals surface area contributed by atoms with Gasteiger partial charge in [0.25, 0.3) is 5.91 Å². The van der Waals surface area contributed by atoms with E-state index in [-0.39, 0.29) is 12.0 Å². The lowest BCUT2D eigenvalue weighted by molar-refractivity contribution is -0.128. The summed E-state index contributed by atoms with van der Waals surface area (Å²) in [7, 11) is 0. The maximum absolute atomic E-state index is 12.6. The van der Waals surface area contributed by atoms with Crippen molar-refractivity contribution >= 4 is 23.0 Å². The molecule has 1 fully saturated rings. The van der Waals surface area contributed by atoms with E-state index in [1.54, 1.807) is 6.92 Å². The fraction of sp³-hybridized carbons (Fsp3) is 0.409. The molecule has 2 aromatic carbocycles. The molecule has 0 saturated carbocycles. The third-order valence-corrected chi connectivity index (χ3v) is 5.27. The van der Waals surface area contributed by atoms with Crippen LogP contribution in [0.15, 0.2) is 48.5 Å². The molecular weight excluding hydrogens is 340 g/mol. The lowest BCUT2D eigenvalue weighted by Crippen LogP contribution is -2.31. The number of fused-ring (bicyclic) bond motifs is 1. The van der Waals surface area contributed by atoms with Crippen LogP contribution in [0.3, 0.4) is 0 Å². The van der Waals surface area contributed by atoms with Crippen LogP contribution in [-0.4, -0.2) is 37.9 Å². The minimum absolute atomic E-state index is 0.119. The predicted octanol–water partition coefficient (Wildman–Crippen LogP) is 3.90. The summed E-state index contributed by atoms with van der Waals surface area (Å²) >= 11 is 0. The fourth-order valence-electron chi connectivity index (χ4n) is 3.74. The fourth-order valence-corrected chi connectivity index (χ4v) is 3.74. The topological polar surface area (TPSA) is 50.8 Å². The summed E-state index contributed by atoms with van der Waals surface area (Å²) in [6.45, 7) is 3.96.